The standard InChI is InChI=1S/C17H18BrN3O4/c1-3-8-21-16(23)7-6-14(20-21)17(24)25-10-15(22)19-13-5-4-12(18)9-11(13)2/h4-7,9H,3,8,10H2,1-2H3,(H,19,22). The predicted molar refractivity (Wildman–Crippen MR) is 96.6 cm³/mol. The highest BCUT2D eigenvalue weighted by Gasteiger charge is 2.14. The fourth-order valence-electron chi connectivity index (χ4n) is 2.09. The number of halogens is 1. The SMILES string of the molecule is CCCn1nc(C(=O)OCC(=O)Nc2ccc(Br)cc2C)ccc1=O. The number of hydrogen-bond acceptors (Lipinski definition) is 5. The van der Waals surface area contributed by atoms with Crippen LogP contribution in [0.1, 0.15) is 29.4 Å². The predicted octanol–water partition coefficient (Wildman–Crippen LogP) is 2.52. The lowest BCUT2D eigenvalue weighted by Crippen LogP contribution is -2.26. The van der Waals surface area contributed by atoms with E-state index in [1.165, 1.54) is 16.8 Å². The van der Waals surface area contributed by atoms with Crippen molar-refractivity contribution in [2.45, 2.75) is 26.8 Å². The van der Waals surface area contributed by atoms with Gasteiger partial charge in [0.1, 0.15) is 0 Å². The van der Waals surface area contributed by atoms with Crippen molar-refractivity contribution in [3.05, 3.63) is 56.4 Å². The minimum Gasteiger partial charge on any atom is -0.451 e. The molecule has 7 nitrogen and oxygen atoms in total. The number of nitrogens with one attached hydrogen (secondary N) is 1. The summed E-state index contributed by atoms with van der Waals surface area (Å²) in [5, 5.41) is 6.61. The molecule has 0 radical (unpaired) electrons. The highest BCUT2D eigenvalue weighted by molar-refractivity contribution is 9.10. The Morgan fingerprint density at radius 1 is 1.28 bits per heavy atom. The van der Waals surface area contributed by atoms with E-state index in [0.717, 1.165) is 10.0 Å². The molecule has 0 atom stereocenters. The summed E-state index contributed by atoms with van der Waals surface area (Å²) in [7, 11) is 0. The molecule has 0 saturated heterocycles. The van der Waals surface area contributed by atoms with Crippen molar-refractivity contribution in [1.29, 1.82) is 0 Å². The van der Waals surface area contributed by atoms with Crippen LogP contribution in [-0.2, 0) is 16.1 Å². The van der Waals surface area contributed by atoms with E-state index in [1.807, 2.05) is 19.9 Å². The minimum absolute atomic E-state index is 0.0133. The minimum atomic E-state index is -0.757. The first-order valence-electron chi connectivity index (χ1n) is 7.72. The third-order valence-corrected chi connectivity index (χ3v) is 3.80. The number of benzene rings is 1. The van der Waals surface area contributed by atoms with Crippen LogP contribution in [0.4, 0.5) is 5.69 Å². The normalized spacial score (nSPS) is 10.4. The van der Waals surface area contributed by atoms with Gasteiger partial charge in [-0.15, -0.1) is 0 Å². The molecule has 0 unspecified atom stereocenters. The number of esters is 1. The first-order chi connectivity index (χ1) is 11.9. The summed E-state index contributed by atoms with van der Waals surface area (Å²) in [6, 6.07) is 7.96. The second-order valence-corrected chi connectivity index (χ2v) is 6.28. The molecular formula is C17H18BrN3O4. The van der Waals surface area contributed by atoms with E-state index in [2.05, 4.69) is 26.3 Å². The second kappa shape index (κ2) is 8.57. The fraction of sp³-hybridized carbons (Fsp3) is 0.294. The monoisotopic (exact) mass is 407 g/mol. The van der Waals surface area contributed by atoms with E-state index in [1.54, 1.807) is 12.1 Å². The van der Waals surface area contributed by atoms with Gasteiger partial charge in [0.15, 0.2) is 12.3 Å². The number of anilines is 1. The number of nitrogens with zero attached hydrogens (tertiary/aromatic N) is 2. The molecule has 1 aromatic heterocycles. The number of carbonyl (C=O) groups excluding carboxylic acids is 2. The van der Waals surface area contributed by atoms with E-state index in [-0.39, 0.29) is 11.3 Å². The molecule has 1 aromatic carbocycles. The molecule has 0 saturated carbocycles. The zero-order chi connectivity index (χ0) is 18.4. The number of rotatable bonds is 6. The molecule has 2 rings (SSSR count). The van der Waals surface area contributed by atoms with Crippen LogP contribution in [0.5, 0.6) is 0 Å². The molecule has 0 bridgehead atoms. The van der Waals surface area contributed by atoms with Crippen molar-refractivity contribution in [2.24, 2.45) is 0 Å². The van der Waals surface area contributed by atoms with Gasteiger partial charge in [0.25, 0.3) is 11.5 Å². The average molecular weight is 408 g/mol. The molecule has 0 aliphatic rings. The highest BCUT2D eigenvalue weighted by Crippen LogP contribution is 2.19. The molecular weight excluding hydrogens is 390 g/mol. The number of carbonyl (C=O) groups is 2. The van der Waals surface area contributed by atoms with Crippen LogP contribution < -0.4 is 10.9 Å². The molecule has 0 spiro atoms. The smallest absolute Gasteiger partial charge is 0.359 e. The van der Waals surface area contributed by atoms with E-state index in [0.29, 0.717) is 18.7 Å². The van der Waals surface area contributed by atoms with Gasteiger partial charge in [0, 0.05) is 22.8 Å². The Labute approximate surface area is 153 Å². The van der Waals surface area contributed by atoms with Crippen molar-refractivity contribution < 1.29 is 14.3 Å². The van der Waals surface area contributed by atoms with Crippen LogP contribution in [-0.4, -0.2) is 28.3 Å². The van der Waals surface area contributed by atoms with Gasteiger partial charge in [0.05, 0.1) is 0 Å². The van der Waals surface area contributed by atoms with Gasteiger partial charge in [0.2, 0.25) is 0 Å². The third-order valence-electron chi connectivity index (χ3n) is 3.31. The van der Waals surface area contributed by atoms with Crippen molar-refractivity contribution in [2.75, 3.05) is 11.9 Å². The molecule has 1 heterocycles. The summed E-state index contributed by atoms with van der Waals surface area (Å²) < 4.78 is 7.06. The molecule has 0 fully saturated rings. The second-order valence-electron chi connectivity index (χ2n) is 5.36. The zero-order valence-electron chi connectivity index (χ0n) is 13.9. The first-order valence-corrected chi connectivity index (χ1v) is 8.51. The molecule has 132 valence electrons. The van der Waals surface area contributed by atoms with Crippen molar-refractivity contribution in [3.8, 4) is 0 Å². The van der Waals surface area contributed by atoms with Crippen LogP contribution in [0.3, 0.4) is 0 Å². The summed E-state index contributed by atoms with van der Waals surface area (Å²) in [6.07, 6.45) is 0.709. The van der Waals surface area contributed by atoms with Crippen molar-refractivity contribution in [3.63, 3.8) is 0 Å². The Morgan fingerprint density at radius 3 is 2.72 bits per heavy atom. The van der Waals surface area contributed by atoms with E-state index in [9.17, 15) is 14.4 Å². The molecule has 8 heteroatoms. The van der Waals surface area contributed by atoms with Crippen molar-refractivity contribution >= 4 is 33.5 Å². The van der Waals surface area contributed by atoms with E-state index < -0.39 is 18.5 Å². The Hall–Kier alpha value is -2.48. The van der Waals surface area contributed by atoms with E-state index >= 15 is 0 Å². The van der Waals surface area contributed by atoms with Gasteiger partial charge < -0.3 is 10.1 Å². The van der Waals surface area contributed by atoms with Crippen LogP contribution in [0, 0.1) is 6.92 Å². The van der Waals surface area contributed by atoms with Crippen LogP contribution in [0.15, 0.2) is 39.6 Å². The van der Waals surface area contributed by atoms with Gasteiger partial charge in [-0.25, -0.2) is 9.48 Å². The number of hydrogen-bond donors (Lipinski definition) is 1. The highest BCUT2D eigenvalue weighted by atomic mass is 79.9. The van der Waals surface area contributed by atoms with E-state index in [4.69, 9.17) is 4.74 Å². The fourth-order valence-corrected chi connectivity index (χ4v) is 2.56. The van der Waals surface area contributed by atoms with Crippen LogP contribution in [0.2, 0.25) is 0 Å². The molecule has 2 aromatic rings. The van der Waals surface area contributed by atoms with Gasteiger partial charge in [-0.1, -0.05) is 22.9 Å². The number of aryl methyl sites for hydroxylation is 2. The largest absolute Gasteiger partial charge is 0.451 e. The maximum absolute atomic E-state index is 12.0. The number of aromatic nitrogens is 2. The van der Waals surface area contributed by atoms with Crippen molar-refractivity contribution in [1.82, 2.24) is 9.78 Å². The summed E-state index contributed by atoms with van der Waals surface area (Å²) in [4.78, 5) is 35.5. The lowest BCUT2D eigenvalue weighted by Gasteiger charge is -2.09. The molecule has 0 aliphatic carbocycles. The first kappa shape index (κ1) is 18.9. The maximum Gasteiger partial charge on any atom is 0.359 e. The lowest BCUT2D eigenvalue weighted by atomic mass is 10.2. The molecule has 25 heavy (non-hydrogen) atoms. The Kier molecular flexibility index (Phi) is 6.46. The molecule has 1 N–H and O–H groups in total. The average Bonchev–Trinajstić information content (AvgIpc) is 2.57. The quantitative estimate of drug-likeness (QED) is 0.742. The van der Waals surface area contributed by atoms with Crippen LogP contribution >= 0.6 is 15.9 Å². The number of ether oxygens (including phenoxy) is 1. The number of amides is 1. The summed E-state index contributed by atoms with van der Waals surface area (Å²) in [5.74, 6) is -1.21. The summed E-state index contributed by atoms with van der Waals surface area (Å²) in [6.45, 7) is 3.72. The van der Waals surface area contributed by atoms with Gasteiger partial charge in [-0.2, -0.15) is 5.10 Å². The summed E-state index contributed by atoms with van der Waals surface area (Å²) in [5.41, 5.74) is 1.21. The Morgan fingerprint density at radius 2 is 2.04 bits per heavy atom. The maximum atomic E-state index is 12.0. The zero-order valence-corrected chi connectivity index (χ0v) is 15.5. The van der Waals surface area contributed by atoms with Crippen LogP contribution in [0.25, 0.3) is 0 Å². The molecule has 0 aliphatic heterocycles. The van der Waals surface area contributed by atoms with Gasteiger partial charge in [-0.3, -0.25) is 9.59 Å². The Bertz CT molecular complexity index is 848. The topological polar surface area (TPSA) is 90.3 Å². The lowest BCUT2D eigenvalue weighted by molar-refractivity contribution is -0.119. The van der Waals surface area contributed by atoms with Gasteiger partial charge >= 0.3 is 5.97 Å². The third kappa shape index (κ3) is 5.25. The molecule has 1 amide bonds. The summed E-state index contributed by atoms with van der Waals surface area (Å²) >= 11 is 3.35. The van der Waals surface area contributed by atoms with Gasteiger partial charge in [-0.05, 0) is 43.2 Å². The Balaban J connectivity index is 1.96.